The van der Waals surface area contributed by atoms with Crippen molar-refractivity contribution in [3.05, 3.63) is 86.8 Å². The fourth-order valence-electron chi connectivity index (χ4n) is 3.04. The minimum Gasteiger partial charge on any atom is -0.323 e. The fourth-order valence-corrected chi connectivity index (χ4v) is 4.56. The summed E-state index contributed by atoms with van der Waals surface area (Å²) in [5, 5.41) is 5.32. The van der Waals surface area contributed by atoms with Crippen LogP contribution in [0.3, 0.4) is 0 Å². The number of thioether (sulfide) groups is 1. The van der Waals surface area contributed by atoms with Crippen LogP contribution in [0.1, 0.15) is 4.88 Å². The van der Waals surface area contributed by atoms with Crippen LogP contribution in [-0.2, 0) is 17.8 Å². The van der Waals surface area contributed by atoms with Crippen molar-refractivity contribution in [3.8, 4) is 0 Å². The molecule has 31 heavy (non-hydrogen) atoms. The lowest BCUT2D eigenvalue weighted by Crippen LogP contribution is -2.25. The number of halogens is 2. The normalized spacial score (nSPS) is 11.0. The Balaban J connectivity index is 1.55. The largest absolute Gasteiger partial charge is 0.323 e. The second-order valence-corrected chi connectivity index (χ2v) is 8.63. The maximum absolute atomic E-state index is 13.8. The van der Waals surface area contributed by atoms with E-state index < -0.39 is 17.5 Å². The molecule has 0 aliphatic rings. The number of hydrogen-bond donors (Lipinski definition) is 1. The molecule has 0 saturated heterocycles. The summed E-state index contributed by atoms with van der Waals surface area (Å²) in [5.74, 6) is -2.14. The highest BCUT2D eigenvalue weighted by atomic mass is 32.2. The van der Waals surface area contributed by atoms with Gasteiger partial charge in [-0.1, -0.05) is 30.0 Å². The maximum Gasteiger partial charge on any atom is 0.262 e. The Bertz CT molecular complexity index is 1290. The van der Waals surface area contributed by atoms with Crippen molar-refractivity contribution in [1.29, 1.82) is 0 Å². The number of anilines is 1. The Morgan fingerprint density at radius 1 is 1.13 bits per heavy atom. The van der Waals surface area contributed by atoms with Crippen LogP contribution in [0.2, 0.25) is 0 Å². The monoisotopic (exact) mass is 457 g/mol. The predicted molar refractivity (Wildman–Crippen MR) is 120 cm³/mol. The molecule has 0 atom stereocenters. The lowest BCUT2D eigenvalue weighted by Gasteiger charge is -2.13. The molecule has 5 nitrogen and oxygen atoms in total. The lowest BCUT2D eigenvalue weighted by atomic mass is 10.2. The summed E-state index contributed by atoms with van der Waals surface area (Å²) in [6.07, 6.45) is 0.665. The molecular formula is C22H17F2N3O2S2. The van der Waals surface area contributed by atoms with Crippen LogP contribution in [0.15, 0.2) is 69.9 Å². The average Bonchev–Trinajstić information content (AvgIpc) is 3.27. The highest BCUT2D eigenvalue weighted by Crippen LogP contribution is 2.20. The number of para-hydroxylation sites is 1. The van der Waals surface area contributed by atoms with E-state index in [0.29, 0.717) is 35.1 Å². The third kappa shape index (κ3) is 5.00. The van der Waals surface area contributed by atoms with Crippen molar-refractivity contribution in [2.45, 2.75) is 18.1 Å². The van der Waals surface area contributed by atoms with Gasteiger partial charge in [0.1, 0.15) is 11.6 Å². The van der Waals surface area contributed by atoms with Crippen LogP contribution < -0.4 is 10.9 Å². The molecule has 9 heteroatoms. The number of hydrogen-bond acceptors (Lipinski definition) is 5. The third-order valence-corrected chi connectivity index (χ3v) is 6.44. The summed E-state index contributed by atoms with van der Waals surface area (Å²) in [5.41, 5.74) is 0.274. The maximum atomic E-state index is 13.8. The van der Waals surface area contributed by atoms with Crippen molar-refractivity contribution in [3.63, 3.8) is 0 Å². The fraction of sp³-hybridized carbons (Fsp3) is 0.136. The van der Waals surface area contributed by atoms with Crippen LogP contribution in [0.4, 0.5) is 14.5 Å². The predicted octanol–water partition coefficient (Wildman–Crippen LogP) is 4.71. The van der Waals surface area contributed by atoms with Crippen LogP contribution in [-0.4, -0.2) is 21.2 Å². The summed E-state index contributed by atoms with van der Waals surface area (Å²) >= 11 is 2.71. The van der Waals surface area contributed by atoms with Gasteiger partial charge in [0, 0.05) is 17.5 Å². The Morgan fingerprint density at radius 2 is 1.97 bits per heavy atom. The van der Waals surface area contributed by atoms with E-state index in [9.17, 15) is 18.4 Å². The van der Waals surface area contributed by atoms with Gasteiger partial charge in [0.05, 0.1) is 22.3 Å². The zero-order valence-electron chi connectivity index (χ0n) is 16.2. The van der Waals surface area contributed by atoms with E-state index in [0.717, 1.165) is 22.7 Å². The van der Waals surface area contributed by atoms with Crippen molar-refractivity contribution >= 4 is 45.6 Å². The van der Waals surface area contributed by atoms with Crippen molar-refractivity contribution in [2.75, 3.05) is 11.1 Å². The zero-order chi connectivity index (χ0) is 21.8. The first-order chi connectivity index (χ1) is 15.0. The van der Waals surface area contributed by atoms with E-state index in [1.165, 1.54) is 6.07 Å². The number of aromatic nitrogens is 2. The van der Waals surface area contributed by atoms with E-state index in [2.05, 4.69) is 10.3 Å². The smallest absolute Gasteiger partial charge is 0.262 e. The molecule has 0 radical (unpaired) electrons. The summed E-state index contributed by atoms with van der Waals surface area (Å²) in [6, 6.07) is 13.9. The molecule has 1 amide bonds. The number of nitrogens with zero attached hydrogens (tertiary/aromatic N) is 2. The number of benzene rings is 2. The van der Waals surface area contributed by atoms with Gasteiger partial charge in [-0.25, -0.2) is 13.8 Å². The molecule has 1 N–H and O–H groups in total. The Labute approximate surface area is 184 Å². The molecule has 0 unspecified atom stereocenters. The molecule has 0 fully saturated rings. The van der Waals surface area contributed by atoms with E-state index in [4.69, 9.17) is 0 Å². The molecule has 2 heterocycles. The van der Waals surface area contributed by atoms with Gasteiger partial charge in [0.25, 0.3) is 5.56 Å². The topological polar surface area (TPSA) is 64.0 Å². The van der Waals surface area contributed by atoms with Crippen molar-refractivity contribution in [1.82, 2.24) is 9.55 Å². The number of carbonyl (C=O) groups is 1. The van der Waals surface area contributed by atoms with Gasteiger partial charge in [0.2, 0.25) is 5.91 Å². The molecule has 4 aromatic rings. The number of aryl methyl sites for hydroxylation is 1. The van der Waals surface area contributed by atoms with Crippen molar-refractivity contribution < 1.29 is 13.6 Å². The summed E-state index contributed by atoms with van der Waals surface area (Å²) in [4.78, 5) is 31.1. The molecule has 0 spiro atoms. The number of fused-ring (bicyclic) bond motifs is 1. The minimum absolute atomic E-state index is 0.0827. The number of nitrogens with one attached hydrogen (secondary N) is 1. The van der Waals surface area contributed by atoms with Gasteiger partial charge in [-0.15, -0.1) is 11.3 Å². The Morgan fingerprint density at radius 3 is 2.74 bits per heavy atom. The Hall–Kier alpha value is -3.04. The Kier molecular flexibility index (Phi) is 6.43. The molecular weight excluding hydrogens is 440 g/mol. The van der Waals surface area contributed by atoms with Gasteiger partial charge >= 0.3 is 0 Å². The summed E-state index contributed by atoms with van der Waals surface area (Å²) in [7, 11) is 0. The molecule has 2 aromatic heterocycles. The second kappa shape index (κ2) is 9.40. The van der Waals surface area contributed by atoms with Crippen LogP contribution in [0.25, 0.3) is 10.9 Å². The SMILES string of the molecule is O=C(CSc1nc2ccccc2c(=O)n1CCc1cccs1)Nc1ccc(F)cc1F. The number of rotatable bonds is 7. The quantitative estimate of drug-likeness (QED) is 0.323. The minimum atomic E-state index is -0.852. The van der Waals surface area contributed by atoms with E-state index in [1.807, 2.05) is 17.5 Å². The first-order valence-electron chi connectivity index (χ1n) is 9.41. The molecule has 158 valence electrons. The highest BCUT2D eigenvalue weighted by molar-refractivity contribution is 7.99. The van der Waals surface area contributed by atoms with Gasteiger partial charge < -0.3 is 5.32 Å². The summed E-state index contributed by atoms with van der Waals surface area (Å²) < 4.78 is 28.4. The van der Waals surface area contributed by atoms with Gasteiger partial charge in [-0.3, -0.25) is 14.2 Å². The second-order valence-electron chi connectivity index (χ2n) is 6.66. The van der Waals surface area contributed by atoms with Crippen LogP contribution in [0.5, 0.6) is 0 Å². The molecule has 2 aromatic carbocycles. The standard InChI is InChI=1S/C22H17F2N3O2S2/c23-14-7-8-19(17(24)12-14)25-20(28)13-31-22-26-18-6-2-1-5-16(18)21(29)27(22)10-9-15-4-3-11-30-15/h1-8,11-12H,9-10,13H2,(H,25,28). The van der Waals surface area contributed by atoms with Crippen LogP contribution in [0, 0.1) is 11.6 Å². The molecule has 0 bridgehead atoms. The molecule has 0 saturated carbocycles. The van der Waals surface area contributed by atoms with Gasteiger partial charge in [-0.2, -0.15) is 0 Å². The molecule has 4 rings (SSSR count). The van der Waals surface area contributed by atoms with Crippen LogP contribution >= 0.6 is 23.1 Å². The first kappa shape index (κ1) is 21.2. The third-order valence-electron chi connectivity index (χ3n) is 4.53. The van der Waals surface area contributed by atoms with Crippen molar-refractivity contribution in [2.24, 2.45) is 0 Å². The first-order valence-corrected chi connectivity index (χ1v) is 11.3. The number of amides is 1. The van der Waals surface area contributed by atoms with E-state index >= 15 is 0 Å². The van der Waals surface area contributed by atoms with Gasteiger partial charge in [-0.05, 0) is 42.1 Å². The number of thiophene rings is 1. The van der Waals surface area contributed by atoms with Gasteiger partial charge in [0.15, 0.2) is 5.16 Å². The number of carbonyl (C=O) groups excluding carboxylic acids is 1. The van der Waals surface area contributed by atoms with E-state index in [-0.39, 0.29) is 17.0 Å². The summed E-state index contributed by atoms with van der Waals surface area (Å²) in [6.45, 7) is 0.424. The average molecular weight is 458 g/mol. The lowest BCUT2D eigenvalue weighted by molar-refractivity contribution is -0.113. The van der Waals surface area contributed by atoms with E-state index in [1.54, 1.807) is 40.2 Å². The zero-order valence-corrected chi connectivity index (χ0v) is 17.8. The highest BCUT2D eigenvalue weighted by Gasteiger charge is 2.14. The molecule has 0 aliphatic carbocycles. The molecule has 0 aliphatic heterocycles.